The lowest BCUT2D eigenvalue weighted by molar-refractivity contribution is -0.133. The average molecular weight is 283 g/mol. The van der Waals surface area contributed by atoms with Gasteiger partial charge in [-0.05, 0) is 12.0 Å². The molecule has 0 radical (unpaired) electrons. The molecule has 4 heteroatoms. The topological polar surface area (TPSA) is 32.3 Å². The molecule has 1 aliphatic heterocycles. The van der Waals surface area contributed by atoms with Gasteiger partial charge in [0, 0.05) is 26.2 Å². The van der Waals surface area contributed by atoms with Crippen molar-refractivity contribution in [1.82, 2.24) is 10.2 Å². The molecule has 0 saturated carbocycles. The second-order valence-corrected chi connectivity index (χ2v) is 4.83. The maximum atomic E-state index is 12.6. The SMILES string of the molecule is CCCC(C(=O)N1CCNCC1)c1ccccc1.Cl. The fourth-order valence-corrected chi connectivity index (χ4v) is 2.51. The number of carbonyl (C=O) groups excluding carboxylic acids is 1. The molecule has 3 nitrogen and oxygen atoms in total. The van der Waals surface area contributed by atoms with Gasteiger partial charge < -0.3 is 10.2 Å². The number of halogens is 1. The summed E-state index contributed by atoms with van der Waals surface area (Å²) in [5, 5.41) is 3.29. The van der Waals surface area contributed by atoms with Crippen molar-refractivity contribution in [3.63, 3.8) is 0 Å². The fourth-order valence-electron chi connectivity index (χ4n) is 2.51. The van der Waals surface area contributed by atoms with Crippen LogP contribution in [0.25, 0.3) is 0 Å². The van der Waals surface area contributed by atoms with Gasteiger partial charge in [0.25, 0.3) is 0 Å². The maximum absolute atomic E-state index is 12.6. The zero-order valence-electron chi connectivity index (χ0n) is 11.5. The van der Waals surface area contributed by atoms with Crippen LogP contribution in [0.1, 0.15) is 31.2 Å². The van der Waals surface area contributed by atoms with E-state index in [4.69, 9.17) is 0 Å². The number of hydrogen-bond acceptors (Lipinski definition) is 2. The number of piperazine rings is 1. The Morgan fingerprint density at radius 1 is 1.26 bits per heavy atom. The number of rotatable bonds is 4. The maximum Gasteiger partial charge on any atom is 0.230 e. The number of nitrogens with one attached hydrogen (secondary N) is 1. The van der Waals surface area contributed by atoms with Gasteiger partial charge in [0.1, 0.15) is 0 Å². The van der Waals surface area contributed by atoms with Crippen LogP contribution in [-0.4, -0.2) is 37.0 Å². The molecule has 1 aromatic carbocycles. The molecule has 0 bridgehead atoms. The molecule has 1 aromatic rings. The molecule has 1 aliphatic rings. The van der Waals surface area contributed by atoms with Crippen molar-refractivity contribution in [3.05, 3.63) is 35.9 Å². The normalized spacial score (nSPS) is 16.6. The van der Waals surface area contributed by atoms with Crippen LogP contribution in [0, 0.1) is 0 Å². The Hall–Kier alpha value is -1.06. The molecule has 106 valence electrons. The lowest BCUT2D eigenvalue weighted by atomic mass is 9.93. The van der Waals surface area contributed by atoms with Gasteiger partial charge in [0.05, 0.1) is 5.92 Å². The van der Waals surface area contributed by atoms with E-state index in [1.807, 2.05) is 23.1 Å². The number of carbonyl (C=O) groups is 1. The Morgan fingerprint density at radius 3 is 2.47 bits per heavy atom. The lowest BCUT2D eigenvalue weighted by Gasteiger charge is -2.31. The second kappa shape index (κ2) is 8.18. The van der Waals surface area contributed by atoms with E-state index < -0.39 is 0 Å². The third-order valence-corrected chi connectivity index (χ3v) is 3.51. The van der Waals surface area contributed by atoms with Gasteiger partial charge in [-0.3, -0.25) is 4.79 Å². The highest BCUT2D eigenvalue weighted by Gasteiger charge is 2.25. The first-order valence-electron chi connectivity index (χ1n) is 6.87. The average Bonchev–Trinajstić information content (AvgIpc) is 2.46. The summed E-state index contributed by atoms with van der Waals surface area (Å²) in [6, 6.07) is 10.2. The molecule has 1 N–H and O–H groups in total. The molecular weight excluding hydrogens is 260 g/mol. The number of hydrogen-bond donors (Lipinski definition) is 1. The smallest absolute Gasteiger partial charge is 0.230 e. The molecule has 19 heavy (non-hydrogen) atoms. The highest BCUT2D eigenvalue weighted by molar-refractivity contribution is 5.85. The van der Waals surface area contributed by atoms with Crippen LogP contribution in [0.2, 0.25) is 0 Å². The summed E-state index contributed by atoms with van der Waals surface area (Å²) in [5.74, 6) is 0.332. The quantitative estimate of drug-likeness (QED) is 0.920. The highest BCUT2D eigenvalue weighted by Crippen LogP contribution is 2.23. The highest BCUT2D eigenvalue weighted by atomic mass is 35.5. The van der Waals surface area contributed by atoms with E-state index in [0.29, 0.717) is 5.91 Å². The van der Waals surface area contributed by atoms with Gasteiger partial charge in [0.15, 0.2) is 0 Å². The van der Waals surface area contributed by atoms with Crippen LogP contribution < -0.4 is 5.32 Å². The van der Waals surface area contributed by atoms with Crippen molar-refractivity contribution in [3.8, 4) is 0 Å². The Labute approximate surface area is 121 Å². The summed E-state index contributed by atoms with van der Waals surface area (Å²) in [7, 11) is 0. The molecule has 1 amide bonds. The van der Waals surface area contributed by atoms with Crippen molar-refractivity contribution >= 4 is 18.3 Å². The van der Waals surface area contributed by atoms with Gasteiger partial charge >= 0.3 is 0 Å². The molecule has 1 atom stereocenters. The van der Waals surface area contributed by atoms with Gasteiger partial charge in [-0.2, -0.15) is 0 Å². The first-order valence-corrected chi connectivity index (χ1v) is 6.87. The van der Waals surface area contributed by atoms with Gasteiger partial charge in [-0.25, -0.2) is 0 Å². The van der Waals surface area contributed by atoms with E-state index in [9.17, 15) is 4.79 Å². The summed E-state index contributed by atoms with van der Waals surface area (Å²) < 4.78 is 0. The number of amides is 1. The molecular formula is C15H23ClN2O. The van der Waals surface area contributed by atoms with Crippen molar-refractivity contribution < 1.29 is 4.79 Å². The standard InChI is InChI=1S/C15H22N2O.ClH/c1-2-6-14(13-7-4-3-5-8-13)15(18)17-11-9-16-10-12-17;/h3-5,7-8,14,16H,2,6,9-12H2,1H3;1H. The molecule has 1 saturated heterocycles. The molecule has 2 rings (SSSR count). The fraction of sp³-hybridized carbons (Fsp3) is 0.533. The Kier molecular flexibility index (Phi) is 6.89. The lowest BCUT2D eigenvalue weighted by Crippen LogP contribution is -2.48. The predicted molar refractivity (Wildman–Crippen MR) is 80.8 cm³/mol. The summed E-state index contributed by atoms with van der Waals surface area (Å²) in [4.78, 5) is 14.6. The Balaban J connectivity index is 0.00000180. The van der Waals surface area contributed by atoms with E-state index >= 15 is 0 Å². The van der Waals surface area contributed by atoms with E-state index in [0.717, 1.165) is 44.6 Å². The third-order valence-electron chi connectivity index (χ3n) is 3.51. The summed E-state index contributed by atoms with van der Waals surface area (Å²) >= 11 is 0. The zero-order chi connectivity index (χ0) is 12.8. The molecule has 0 aromatic heterocycles. The largest absolute Gasteiger partial charge is 0.340 e. The van der Waals surface area contributed by atoms with Crippen LogP contribution in [-0.2, 0) is 4.79 Å². The third kappa shape index (κ3) is 4.22. The molecule has 1 unspecified atom stereocenters. The molecule has 1 heterocycles. The van der Waals surface area contributed by atoms with Gasteiger partial charge in [-0.15, -0.1) is 12.4 Å². The van der Waals surface area contributed by atoms with Gasteiger partial charge in [0.2, 0.25) is 5.91 Å². The predicted octanol–water partition coefficient (Wildman–Crippen LogP) is 2.42. The molecule has 1 fully saturated rings. The number of nitrogens with zero attached hydrogens (tertiary/aromatic N) is 1. The number of benzene rings is 1. The van der Waals surface area contributed by atoms with Crippen LogP contribution in [0.15, 0.2) is 30.3 Å². The Bertz CT molecular complexity index is 377. The van der Waals surface area contributed by atoms with E-state index in [-0.39, 0.29) is 18.3 Å². The van der Waals surface area contributed by atoms with E-state index in [1.54, 1.807) is 0 Å². The van der Waals surface area contributed by atoms with Crippen molar-refractivity contribution in [2.75, 3.05) is 26.2 Å². The molecule has 0 aliphatic carbocycles. The molecule has 0 spiro atoms. The first kappa shape index (κ1) is 16.0. The minimum atomic E-state index is 0. The van der Waals surface area contributed by atoms with Gasteiger partial charge in [-0.1, -0.05) is 43.7 Å². The first-order chi connectivity index (χ1) is 8.83. The van der Waals surface area contributed by atoms with E-state index in [2.05, 4.69) is 24.4 Å². The van der Waals surface area contributed by atoms with Crippen LogP contribution in [0.3, 0.4) is 0 Å². The van der Waals surface area contributed by atoms with Crippen molar-refractivity contribution in [2.45, 2.75) is 25.7 Å². The summed E-state index contributed by atoms with van der Waals surface area (Å²) in [6.07, 6.45) is 1.98. The zero-order valence-corrected chi connectivity index (χ0v) is 12.3. The van der Waals surface area contributed by atoms with E-state index in [1.165, 1.54) is 0 Å². The minimum absolute atomic E-state index is 0. The van der Waals surface area contributed by atoms with Crippen LogP contribution in [0.5, 0.6) is 0 Å². The van der Waals surface area contributed by atoms with Crippen molar-refractivity contribution in [1.29, 1.82) is 0 Å². The summed E-state index contributed by atoms with van der Waals surface area (Å²) in [5.41, 5.74) is 1.16. The minimum Gasteiger partial charge on any atom is -0.340 e. The summed E-state index contributed by atoms with van der Waals surface area (Å²) in [6.45, 7) is 5.65. The monoisotopic (exact) mass is 282 g/mol. The van der Waals surface area contributed by atoms with Crippen LogP contribution in [0.4, 0.5) is 0 Å². The van der Waals surface area contributed by atoms with Crippen LogP contribution >= 0.6 is 12.4 Å². The van der Waals surface area contributed by atoms with Crippen molar-refractivity contribution in [2.24, 2.45) is 0 Å². The second-order valence-electron chi connectivity index (χ2n) is 4.83. The Morgan fingerprint density at radius 2 is 1.89 bits per heavy atom.